The van der Waals surface area contributed by atoms with Crippen molar-refractivity contribution >= 4 is 44.3 Å². The van der Waals surface area contributed by atoms with Crippen LogP contribution in [0, 0.1) is 0 Å². The van der Waals surface area contributed by atoms with Gasteiger partial charge < -0.3 is 4.98 Å². The smallest absolute Gasteiger partial charge is 0.195 e. The minimum atomic E-state index is -0.0303. The zero-order valence-corrected chi connectivity index (χ0v) is 12.7. The van der Waals surface area contributed by atoms with Crippen molar-refractivity contribution in [3.63, 3.8) is 0 Å². The molecule has 0 aliphatic rings. The van der Waals surface area contributed by atoms with E-state index in [4.69, 9.17) is 11.6 Å². The average Bonchev–Trinajstić information content (AvgIpc) is 2.89. The zero-order valence-electron chi connectivity index (χ0n) is 10.4. The quantitative estimate of drug-likeness (QED) is 0.566. The molecular formula is C15H10BrClN2O. The third-order valence-corrected chi connectivity index (χ3v) is 3.86. The molecule has 5 heteroatoms. The zero-order chi connectivity index (χ0) is 14.1. The molecule has 0 unspecified atom stereocenters. The summed E-state index contributed by atoms with van der Waals surface area (Å²) in [5.74, 6) is 0.413. The highest BCUT2D eigenvalue weighted by molar-refractivity contribution is 9.10. The first-order chi connectivity index (χ1) is 9.69. The summed E-state index contributed by atoms with van der Waals surface area (Å²) in [6, 6.07) is 9.21. The lowest BCUT2D eigenvalue weighted by molar-refractivity contribution is 0.104. The fraction of sp³-hybridized carbons (Fsp3) is 0.0667. The molecule has 0 amide bonds. The predicted octanol–water partition coefficient (Wildman–Crippen LogP) is 4.30. The van der Waals surface area contributed by atoms with Gasteiger partial charge in [0.25, 0.3) is 0 Å². The molecule has 0 atom stereocenters. The van der Waals surface area contributed by atoms with Gasteiger partial charge in [-0.1, -0.05) is 24.3 Å². The van der Waals surface area contributed by atoms with Crippen LogP contribution >= 0.6 is 27.5 Å². The SMILES string of the molecule is O=C(c1ccc(CCl)cc1)c1c[nH]c2ncc(Br)cc12. The molecule has 0 aliphatic heterocycles. The molecule has 0 aliphatic carbocycles. The van der Waals surface area contributed by atoms with Gasteiger partial charge in [0.15, 0.2) is 5.78 Å². The van der Waals surface area contributed by atoms with E-state index in [2.05, 4.69) is 25.9 Å². The second-order valence-electron chi connectivity index (χ2n) is 4.41. The number of nitrogens with one attached hydrogen (secondary N) is 1. The molecule has 100 valence electrons. The summed E-state index contributed by atoms with van der Waals surface area (Å²) < 4.78 is 0.844. The molecule has 0 spiro atoms. The molecule has 0 fully saturated rings. The molecule has 0 saturated carbocycles. The number of alkyl halides is 1. The average molecular weight is 350 g/mol. The number of benzene rings is 1. The van der Waals surface area contributed by atoms with Gasteiger partial charge in [0, 0.05) is 39.3 Å². The number of hydrogen-bond acceptors (Lipinski definition) is 2. The second-order valence-corrected chi connectivity index (χ2v) is 5.59. The van der Waals surface area contributed by atoms with Gasteiger partial charge in [-0.05, 0) is 27.6 Å². The molecule has 2 aromatic heterocycles. The summed E-state index contributed by atoms with van der Waals surface area (Å²) in [5, 5.41) is 0.811. The number of carbonyl (C=O) groups is 1. The van der Waals surface area contributed by atoms with E-state index in [1.54, 1.807) is 24.5 Å². The summed E-state index contributed by atoms with van der Waals surface area (Å²) in [5.41, 5.74) is 2.95. The summed E-state index contributed by atoms with van der Waals surface area (Å²) >= 11 is 9.12. The van der Waals surface area contributed by atoms with Gasteiger partial charge >= 0.3 is 0 Å². The first-order valence-electron chi connectivity index (χ1n) is 6.01. The number of pyridine rings is 1. The van der Waals surface area contributed by atoms with Crippen LogP contribution in [0.5, 0.6) is 0 Å². The van der Waals surface area contributed by atoms with Crippen molar-refractivity contribution in [2.75, 3.05) is 0 Å². The highest BCUT2D eigenvalue weighted by Crippen LogP contribution is 2.23. The lowest BCUT2D eigenvalue weighted by Crippen LogP contribution is -2.00. The number of aromatic nitrogens is 2. The van der Waals surface area contributed by atoms with E-state index in [1.165, 1.54) is 0 Å². The Morgan fingerprint density at radius 3 is 2.75 bits per heavy atom. The Morgan fingerprint density at radius 2 is 2.05 bits per heavy atom. The second kappa shape index (κ2) is 5.38. The lowest BCUT2D eigenvalue weighted by atomic mass is 10.0. The van der Waals surface area contributed by atoms with E-state index < -0.39 is 0 Å². The molecule has 1 N–H and O–H groups in total. The van der Waals surface area contributed by atoms with Crippen molar-refractivity contribution in [3.05, 3.63) is 63.9 Å². The number of hydrogen-bond donors (Lipinski definition) is 1. The van der Waals surface area contributed by atoms with E-state index in [1.807, 2.05) is 18.2 Å². The van der Waals surface area contributed by atoms with Gasteiger partial charge in [-0.15, -0.1) is 11.6 Å². The van der Waals surface area contributed by atoms with Crippen LogP contribution in [0.25, 0.3) is 11.0 Å². The minimum Gasteiger partial charge on any atom is -0.345 e. The largest absolute Gasteiger partial charge is 0.345 e. The fourth-order valence-corrected chi connectivity index (χ4v) is 2.58. The van der Waals surface area contributed by atoms with Gasteiger partial charge in [-0.2, -0.15) is 0 Å². The van der Waals surface area contributed by atoms with Crippen molar-refractivity contribution in [3.8, 4) is 0 Å². The van der Waals surface area contributed by atoms with E-state index in [-0.39, 0.29) is 5.78 Å². The molecule has 0 radical (unpaired) electrons. The van der Waals surface area contributed by atoms with Crippen molar-refractivity contribution in [1.29, 1.82) is 0 Å². The van der Waals surface area contributed by atoms with Crippen LogP contribution in [0.4, 0.5) is 0 Å². The van der Waals surface area contributed by atoms with Crippen LogP contribution in [0.1, 0.15) is 21.5 Å². The number of rotatable bonds is 3. The maximum absolute atomic E-state index is 12.5. The Kier molecular flexibility index (Phi) is 3.59. The van der Waals surface area contributed by atoms with Gasteiger partial charge in [0.05, 0.1) is 0 Å². The van der Waals surface area contributed by atoms with Gasteiger partial charge in [0.2, 0.25) is 0 Å². The Balaban J connectivity index is 2.05. The molecule has 1 aromatic carbocycles. The summed E-state index contributed by atoms with van der Waals surface area (Å²) in [6.07, 6.45) is 3.39. The third kappa shape index (κ3) is 2.37. The van der Waals surface area contributed by atoms with E-state index in [0.717, 1.165) is 15.4 Å². The highest BCUT2D eigenvalue weighted by Gasteiger charge is 2.15. The Labute approximate surface area is 129 Å². The van der Waals surface area contributed by atoms with Crippen LogP contribution in [0.15, 0.2) is 47.2 Å². The number of H-pyrrole nitrogens is 1. The molecule has 0 bridgehead atoms. The van der Waals surface area contributed by atoms with Gasteiger partial charge in [-0.3, -0.25) is 4.79 Å². The maximum atomic E-state index is 12.5. The van der Waals surface area contributed by atoms with Crippen LogP contribution < -0.4 is 0 Å². The predicted molar refractivity (Wildman–Crippen MR) is 83.2 cm³/mol. The van der Waals surface area contributed by atoms with E-state index >= 15 is 0 Å². The molecule has 20 heavy (non-hydrogen) atoms. The van der Waals surface area contributed by atoms with Crippen molar-refractivity contribution < 1.29 is 4.79 Å². The first-order valence-corrected chi connectivity index (χ1v) is 7.34. The molecule has 2 heterocycles. The number of aromatic amines is 1. The molecule has 3 nitrogen and oxygen atoms in total. The van der Waals surface area contributed by atoms with Crippen molar-refractivity contribution in [2.24, 2.45) is 0 Å². The van der Waals surface area contributed by atoms with Crippen LogP contribution in [-0.2, 0) is 5.88 Å². The van der Waals surface area contributed by atoms with Gasteiger partial charge in [0.1, 0.15) is 5.65 Å². The Bertz CT molecular complexity index is 780. The maximum Gasteiger partial charge on any atom is 0.195 e. The van der Waals surface area contributed by atoms with Crippen molar-refractivity contribution in [1.82, 2.24) is 9.97 Å². The number of ketones is 1. The molecule has 0 saturated heterocycles. The number of nitrogens with zero attached hydrogens (tertiary/aromatic N) is 1. The number of halogens is 2. The molecular weight excluding hydrogens is 340 g/mol. The van der Waals surface area contributed by atoms with Crippen LogP contribution in [0.2, 0.25) is 0 Å². The van der Waals surface area contributed by atoms with Gasteiger partial charge in [-0.25, -0.2) is 4.98 Å². The number of fused-ring (bicyclic) bond motifs is 1. The first kappa shape index (κ1) is 13.3. The topological polar surface area (TPSA) is 45.8 Å². The summed E-state index contributed by atoms with van der Waals surface area (Å²) in [4.78, 5) is 19.8. The monoisotopic (exact) mass is 348 g/mol. The Hall–Kier alpha value is -1.65. The van der Waals surface area contributed by atoms with Crippen LogP contribution in [0.3, 0.4) is 0 Å². The van der Waals surface area contributed by atoms with Crippen LogP contribution in [-0.4, -0.2) is 15.8 Å². The highest BCUT2D eigenvalue weighted by atomic mass is 79.9. The fourth-order valence-electron chi connectivity index (χ4n) is 2.07. The molecule has 3 aromatic rings. The summed E-state index contributed by atoms with van der Waals surface area (Å²) in [6.45, 7) is 0. The third-order valence-electron chi connectivity index (χ3n) is 3.11. The lowest BCUT2D eigenvalue weighted by Gasteiger charge is -2.01. The Morgan fingerprint density at radius 1 is 1.30 bits per heavy atom. The minimum absolute atomic E-state index is 0.0303. The summed E-state index contributed by atoms with van der Waals surface area (Å²) in [7, 11) is 0. The molecule has 3 rings (SSSR count). The van der Waals surface area contributed by atoms with Crippen molar-refractivity contribution in [2.45, 2.75) is 5.88 Å². The van der Waals surface area contributed by atoms with E-state index in [9.17, 15) is 4.79 Å². The number of carbonyl (C=O) groups excluding carboxylic acids is 1. The van der Waals surface area contributed by atoms with E-state index in [0.29, 0.717) is 22.7 Å². The normalized spacial score (nSPS) is 10.9. The standard InChI is InChI=1S/C15H10BrClN2O/c16-11-5-12-13(8-19-15(12)18-7-11)14(20)10-3-1-9(6-17)2-4-10/h1-5,7-8H,6H2,(H,18,19).